The highest BCUT2D eigenvalue weighted by atomic mass is 79.9. The number of unbranched alkanes of at least 4 members (excludes halogenated alkanes) is 1. The minimum atomic E-state index is -1.26. The fraction of sp³-hybridized carbons (Fsp3) is 0.611. The topological polar surface area (TPSA) is 125 Å². The van der Waals surface area contributed by atoms with Crippen LogP contribution in [0.2, 0.25) is 0 Å². The van der Waals surface area contributed by atoms with Crippen molar-refractivity contribution in [3.8, 4) is 0 Å². The predicted molar refractivity (Wildman–Crippen MR) is 182 cm³/mol. The molecule has 2 bridgehead atoms. The number of carbonyl (C=O) groups is 4. The first-order valence-corrected chi connectivity index (χ1v) is 17.8. The highest BCUT2D eigenvalue weighted by molar-refractivity contribution is 9.09. The van der Waals surface area contributed by atoms with Gasteiger partial charge in [0, 0.05) is 24.3 Å². The monoisotopic (exact) mass is 715 g/mol. The van der Waals surface area contributed by atoms with Gasteiger partial charge >= 0.3 is 5.97 Å². The molecular weight excluding hydrogens is 666 g/mol. The molecule has 3 aliphatic heterocycles. The van der Waals surface area contributed by atoms with Crippen LogP contribution in [0.15, 0.2) is 55.6 Å². The molecule has 9 atom stereocenters. The molecule has 1 spiro atoms. The van der Waals surface area contributed by atoms with Crippen LogP contribution in [0, 0.1) is 17.8 Å². The number of alkyl halides is 1. The molecule has 47 heavy (non-hydrogen) atoms. The average molecular weight is 717 g/mol. The number of allylic oxidation sites excluding steroid dienone is 1. The van der Waals surface area contributed by atoms with Crippen molar-refractivity contribution in [1.29, 1.82) is 0 Å². The molecule has 1 unspecified atom stereocenters. The number of rotatable bonds is 18. The number of aliphatic hydroxyl groups excluding tert-OH is 1. The normalized spacial score (nSPS) is 27.9. The molecular formula is C36H50BrN3O7. The lowest BCUT2D eigenvalue weighted by Crippen LogP contribution is -2.60. The van der Waals surface area contributed by atoms with E-state index in [-0.39, 0.29) is 42.2 Å². The summed E-state index contributed by atoms with van der Waals surface area (Å²) in [5, 5.41) is 13.7. The first kappa shape index (κ1) is 36.8. The first-order valence-electron chi connectivity index (χ1n) is 16.9. The van der Waals surface area contributed by atoms with Crippen LogP contribution in [-0.4, -0.2) is 93.5 Å². The molecule has 3 saturated heterocycles. The number of nitrogens with one attached hydrogen (secondary N) is 1. The van der Waals surface area contributed by atoms with Crippen molar-refractivity contribution in [3.05, 3.63) is 61.2 Å². The molecule has 3 amide bonds. The Labute approximate surface area is 287 Å². The van der Waals surface area contributed by atoms with Crippen LogP contribution in [-0.2, 0) is 28.7 Å². The second-order valence-electron chi connectivity index (χ2n) is 13.0. The number of nitrogens with zero attached hydrogens (tertiary/aromatic N) is 2. The van der Waals surface area contributed by atoms with Crippen molar-refractivity contribution < 1.29 is 33.8 Å². The zero-order valence-electron chi connectivity index (χ0n) is 27.8. The molecule has 10 nitrogen and oxygen atoms in total. The van der Waals surface area contributed by atoms with Gasteiger partial charge in [0.25, 0.3) is 0 Å². The number of benzene rings is 1. The maximum Gasteiger partial charge on any atom is 0.306 e. The number of aliphatic hydroxyl groups is 1. The summed E-state index contributed by atoms with van der Waals surface area (Å²) in [6, 6.07) is 6.89. The Balaban J connectivity index is 1.72. The number of ether oxygens (including phenoxy) is 2. The van der Waals surface area contributed by atoms with E-state index < -0.39 is 53.5 Å². The maximum atomic E-state index is 14.7. The van der Waals surface area contributed by atoms with Gasteiger partial charge in [-0.1, -0.05) is 92.0 Å². The smallest absolute Gasteiger partial charge is 0.306 e. The van der Waals surface area contributed by atoms with Crippen molar-refractivity contribution in [3.63, 3.8) is 0 Å². The molecule has 0 aliphatic carbocycles. The van der Waals surface area contributed by atoms with Gasteiger partial charge in [0.1, 0.15) is 18.2 Å². The SMILES string of the molecule is C=CCCC(=O)OC[C@H](NC(=O)[C@H]1[C@@H]2O[C@@]3(CC2Br)[C@@H]1C(=O)N([C@@H](CO)[C@@H](C)CC)[C@@H]3C(=O)N(CC=C)CCCC)c1ccccc1. The van der Waals surface area contributed by atoms with Gasteiger partial charge in [-0.2, -0.15) is 0 Å². The zero-order chi connectivity index (χ0) is 34.3. The number of carbonyl (C=O) groups excluding carboxylic acids is 4. The standard InChI is InChI=1S/C36H50BrN3O7/c1-6-10-17-28(42)46-22-26(24-15-13-12-14-16-24)38-33(43)29-30-34(44)40(27(21-41)23(5)9-4)32(36(30)20-25(37)31(29)47-36)35(45)39(18-8-3)19-11-7-2/h6,8,12-16,23,25-27,29-32,41H,1,3,7,9-11,17-22H2,2,4-5H3,(H,38,43)/t23-,25?,26-,27-,29+,30-,31+,32+,36-/m0/s1. The quantitative estimate of drug-likeness (QED) is 0.132. The molecule has 1 aromatic rings. The van der Waals surface area contributed by atoms with Crippen LogP contribution in [0.25, 0.3) is 0 Å². The van der Waals surface area contributed by atoms with E-state index in [9.17, 15) is 24.3 Å². The van der Waals surface area contributed by atoms with Crippen molar-refractivity contribution in [1.82, 2.24) is 15.1 Å². The maximum absolute atomic E-state index is 14.7. The summed E-state index contributed by atoms with van der Waals surface area (Å²) in [7, 11) is 0. The molecule has 4 rings (SSSR count). The van der Waals surface area contributed by atoms with Gasteiger partial charge in [0.2, 0.25) is 17.7 Å². The third kappa shape index (κ3) is 7.37. The average Bonchev–Trinajstić information content (AvgIpc) is 3.67. The minimum absolute atomic E-state index is 0.0900. The Morgan fingerprint density at radius 2 is 1.96 bits per heavy atom. The van der Waals surface area contributed by atoms with Gasteiger partial charge < -0.3 is 29.7 Å². The van der Waals surface area contributed by atoms with Crippen LogP contribution >= 0.6 is 15.9 Å². The Morgan fingerprint density at radius 1 is 1.23 bits per heavy atom. The highest BCUT2D eigenvalue weighted by Gasteiger charge is 2.77. The van der Waals surface area contributed by atoms with E-state index in [0.717, 1.165) is 18.4 Å². The third-order valence-electron chi connectivity index (χ3n) is 10.0. The summed E-state index contributed by atoms with van der Waals surface area (Å²) in [4.78, 5) is 58.9. The van der Waals surface area contributed by atoms with E-state index in [2.05, 4.69) is 34.4 Å². The number of esters is 1. The summed E-state index contributed by atoms with van der Waals surface area (Å²) in [5.74, 6) is -3.39. The summed E-state index contributed by atoms with van der Waals surface area (Å²) >= 11 is 3.74. The Kier molecular flexibility index (Phi) is 12.8. The second kappa shape index (κ2) is 16.4. The third-order valence-corrected chi connectivity index (χ3v) is 10.9. The fourth-order valence-corrected chi connectivity index (χ4v) is 8.37. The van der Waals surface area contributed by atoms with Gasteiger partial charge in [-0.25, -0.2) is 0 Å². The van der Waals surface area contributed by atoms with E-state index in [1.165, 1.54) is 0 Å². The lowest BCUT2D eigenvalue weighted by atomic mass is 9.70. The van der Waals surface area contributed by atoms with E-state index in [1.807, 2.05) is 51.1 Å². The molecule has 258 valence electrons. The highest BCUT2D eigenvalue weighted by Crippen LogP contribution is 2.60. The van der Waals surface area contributed by atoms with E-state index in [4.69, 9.17) is 9.47 Å². The molecule has 11 heteroatoms. The van der Waals surface area contributed by atoms with E-state index >= 15 is 0 Å². The minimum Gasteiger partial charge on any atom is -0.463 e. The molecule has 3 aliphatic rings. The molecule has 0 aromatic heterocycles. The number of fused-ring (bicyclic) bond motifs is 1. The zero-order valence-corrected chi connectivity index (χ0v) is 29.4. The number of hydrogen-bond acceptors (Lipinski definition) is 7. The van der Waals surface area contributed by atoms with Crippen molar-refractivity contribution in [2.24, 2.45) is 17.8 Å². The van der Waals surface area contributed by atoms with Gasteiger partial charge in [-0.05, 0) is 30.7 Å². The largest absolute Gasteiger partial charge is 0.463 e. The van der Waals surface area contributed by atoms with Gasteiger partial charge in [-0.15, -0.1) is 13.2 Å². The predicted octanol–water partition coefficient (Wildman–Crippen LogP) is 4.32. The lowest BCUT2D eigenvalue weighted by molar-refractivity contribution is -0.152. The summed E-state index contributed by atoms with van der Waals surface area (Å²) < 4.78 is 12.3. The Hall–Kier alpha value is -3.02. The van der Waals surface area contributed by atoms with E-state index in [0.29, 0.717) is 32.4 Å². The van der Waals surface area contributed by atoms with Crippen molar-refractivity contribution in [2.45, 2.75) is 94.0 Å². The Bertz CT molecular complexity index is 1290. The Morgan fingerprint density at radius 3 is 2.57 bits per heavy atom. The molecule has 0 saturated carbocycles. The second-order valence-corrected chi connectivity index (χ2v) is 14.1. The number of halogens is 1. The fourth-order valence-electron chi connectivity index (χ4n) is 7.43. The number of hydrogen-bond donors (Lipinski definition) is 2. The molecule has 2 N–H and O–H groups in total. The molecule has 1 aromatic carbocycles. The summed E-state index contributed by atoms with van der Waals surface area (Å²) in [5.41, 5.74) is -0.520. The number of likely N-dealkylation sites (tertiary alicyclic amines) is 1. The van der Waals surface area contributed by atoms with Crippen LogP contribution in [0.4, 0.5) is 0 Å². The van der Waals surface area contributed by atoms with Crippen LogP contribution in [0.5, 0.6) is 0 Å². The van der Waals surface area contributed by atoms with E-state index in [1.54, 1.807) is 22.0 Å². The van der Waals surface area contributed by atoms with Crippen LogP contribution < -0.4 is 5.32 Å². The lowest BCUT2D eigenvalue weighted by Gasteiger charge is -2.41. The van der Waals surface area contributed by atoms with Crippen LogP contribution in [0.1, 0.15) is 70.9 Å². The molecule has 0 radical (unpaired) electrons. The molecule has 3 fully saturated rings. The van der Waals surface area contributed by atoms with Gasteiger partial charge in [-0.3, -0.25) is 19.2 Å². The van der Waals surface area contributed by atoms with Gasteiger partial charge in [0.15, 0.2) is 0 Å². The van der Waals surface area contributed by atoms with Crippen molar-refractivity contribution >= 4 is 39.6 Å². The molecule has 3 heterocycles. The summed E-state index contributed by atoms with van der Waals surface area (Å²) in [6.07, 6.45) is 6.01. The van der Waals surface area contributed by atoms with Gasteiger partial charge in [0.05, 0.1) is 36.6 Å². The van der Waals surface area contributed by atoms with Crippen LogP contribution in [0.3, 0.4) is 0 Å². The van der Waals surface area contributed by atoms with Crippen molar-refractivity contribution in [2.75, 3.05) is 26.3 Å². The number of amides is 3. The summed E-state index contributed by atoms with van der Waals surface area (Å²) in [6.45, 7) is 13.9. The first-order chi connectivity index (χ1) is 22.6.